The topological polar surface area (TPSA) is 67.2 Å². The standard InChI is InChI=1S/C17H11ClF3N3O2/c18-11-6-7-13(12(8-11)17(19,20)21)22-16(25)23-15-9-14(26-24-15)10-4-2-1-3-5-10/h1-9H,(H2,22,23,24,25). The second-order valence-electron chi connectivity index (χ2n) is 5.21. The van der Waals surface area contributed by atoms with Crippen molar-refractivity contribution in [2.45, 2.75) is 6.18 Å². The number of urea groups is 1. The summed E-state index contributed by atoms with van der Waals surface area (Å²) in [4.78, 5) is 12.0. The highest BCUT2D eigenvalue weighted by Crippen LogP contribution is 2.36. The summed E-state index contributed by atoms with van der Waals surface area (Å²) in [7, 11) is 0. The molecular formula is C17H11ClF3N3O2. The molecule has 2 amide bonds. The molecule has 9 heteroatoms. The second kappa shape index (κ2) is 7.09. The smallest absolute Gasteiger partial charge is 0.354 e. The van der Waals surface area contributed by atoms with Gasteiger partial charge in [0.05, 0.1) is 11.3 Å². The van der Waals surface area contributed by atoms with Crippen LogP contribution in [-0.4, -0.2) is 11.2 Å². The lowest BCUT2D eigenvalue weighted by atomic mass is 10.1. The van der Waals surface area contributed by atoms with Crippen molar-refractivity contribution in [2.75, 3.05) is 10.6 Å². The van der Waals surface area contributed by atoms with Crippen LogP contribution in [0.15, 0.2) is 59.1 Å². The minimum absolute atomic E-state index is 0.0591. The van der Waals surface area contributed by atoms with E-state index in [1.54, 1.807) is 24.3 Å². The van der Waals surface area contributed by atoms with Crippen LogP contribution in [0.2, 0.25) is 5.02 Å². The zero-order valence-electron chi connectivity index (χ0n) is 13.0. The number of amides is 2. The highest BCUT2D eigenvalue weighted by atomic mass is 35.5. The Kier molecular flexibility index (Phi) is 4.85. The zero-order chi connectivity index (χ0) is 18.7. The van der Waals surface area contributed by atoms with Crippen LogP contribution in [0.4, 0.5) is 29.5 Å². The first-order chi connectivity index (χ1) is 12.3. The predicted molar refractivity (Wildman–Crippen MR) is 91.0 cm³/mol. The number of alkyl halides is 3. The second-order valence-corrected chi connectivity index (χ2v) is 5.65. The molecule has 2 N–H and O–H groups in total. The Morgan fingerprint density at radius 3 is 2.46 bits per heavy atom. The molecule has 0 unspecified atom stereocenters. The lowest BCUT2D eigenvalue weighted by Gasteiger charge is -2.14. The largest absolute Gasteiger partial charge is 0.418 e. The van der Waals surface area contributed by atoms with Gasteiger partial charge in [0.1, 0.15) is 0 Å². The normalized spacial score (nSPS) is 11.2. The molecule has 0 saturated carbocycles. The van der Waals surface area contributed by atoms with E-state index in [0.717, 1.165) is 17.7 Å². The summed E-state index contributed by atoms with van der Waals surface area (Å²) in [6, 6.07) is 12.6. The molecule has 0 radical (unpaired) electrons. The minimum atomic E-state index is -4.66. The average molecular weight is 382 g/mol. The maximum Gasteiger partial charge on any atom is 0.418 e. The Labute approximate surface area is 150 Å². The van der Waals surface area contributed by atoms with E-state index in [0.29, 0.717) is 5.76 Å². The summed E-state index contributed by atoms with van der Waals surface area (Å²) < 4.78 is 44.2. The van der Waals surface area contributed by atoms with E-state index in [4.69, 9.17) is 16.1 Å². The third-order valence-corrected chi connectivity index (χ3v) is 3.58. The van der Waals surface area contributed by atoms with E-state index >= 15 is 0 Å². The van der Waals surface area contributed by atoms with Crippen molar-refractivity contribution in [3.05, 3.63) is 65.2 Å². The first-order valence-corrected chi connectivity index (χ1v) is 7.67. The molecule has 0 aliphatic heterocycles. The quantitative estimate of drug-likeness (QED) is 0.615. The van der Waals surface area contributed by atoms with Crippen molar-refractivity contribution in [2.24, 2.45) is 0 Å². The molecule has 5 nitrogen and oxygen atoms in total. The van der Waals surface area contributed by atoms with Gasteiger partial charge in [-0.05, 0) is 18.2 Å². The number of anilines is 2. The molecule has 1 heterocycles. The number of benzene rings is 2. The molecular weight excluding hydrogens is 371 g/mol. The van der Waals surface area contributed by atoms with Crippen molar-refractivity contribution >= 4 is 29.1 Å². The molecule has 3 rings (SSSR count). The highest BCUT2D eigenvalue weighted by Gasteiger charge is 2.34. The molecule has 0 fully saturated rings. The Hall–Kier alpha value is -3.00. The lowest BCUT2D eigenvalue weighted by Crippen LogP contribution is -2.22. The van der Waals surface area contributed by atoms with Crippen molar-refractivity contribution in [3.8, 4) is 11.3 Å². The fourth-order valence-electron chi connectivity index (χ4n) is 2.20. The fraction of sp³-hybridized carbons (Fsp3) is 0.0588. The van der Waals surface area contributed by atoms with Gasteiger partial charge in [-0.3, -0.25) is 5.32 Å². The van der Waals surface area contributed by atoms with E-state index in [2.05, 4.69) is 15.8 Å². The SMILES string of the molecule is O=C(Nc1cc(-c2ccccc2)on1)Nc1ccc(Cl)cc1C(F)(F)F. The van der Waals surface area contributed by atoms with Crippen LogP contribution in [-0.2, 0) is 6.18 Å². The van der Waals surface area contributed by atoms with Gasteiger partial charge in [0.15, 0.2) is 11.6 Å². The Balaban J connectivity index is 1.74. The molecule has 0 atom stereocenters. The minimum Gasteiger partial charge on any atom is -0.354 e. The summed E-state index contributed by atoms with van der Waals surface area (Å²) in [6.07, 6.45) is -4.66. The van der Waals surface area contributed by atoms with Gasteiger partial charge >= 0.3 is 12.2 Å². The first-order valence-electron chi connectivity index (χ1n) is 7.30. The van der Waals surface area contributed by atoms with Crippen molar-refractivity contribution < 1.29 is 22.5 Å². The predicted octanol–water partition coefficient (Wildman–Crippen LogP) is 5.66. The molecule has 0 spiro atoms. The maximum atomic E-state index is 13.0. The van der Waals surface area contributed by atoms with Crippen molar-refractivity contribution in [1.82, 2.24) is 5.16 Å². The van der Waals surface area contributed by atoms with Gasteiger partial charge in [0, 0.05) is 16.7 Å². The van der Waals surface area contributed by atoms with E-state index in [-0.39, 0.29) is 10.8 Å². The van der Waals surface area contributed by atoms with Gasteiger partial charge < -0.3 is 9.84 Å². The number of rotatable bonds is 3. The summed E-state index contributed by atoms with van der Waals surface area (Å²) in [5.41, 5.74) is -0.734. The monoisotopic (exact) mass is 381 g/mol. The zero-order valence-corrected chi connectivity index (χ0v) is 13.7. The number of nitrogens with zero attached hydrogens (tertiary/aromatic N) is 1. The number of carbonyl (C=O) groups excluding carboxylic acids is 1. The number of nitrogens with one attached hydrogen (secondary N) is 2. The third-order valence-electron chi connectivity index (χ3n) is 3.35. The summed E-state index contributed by atoms with van der Waals surface area (Å²) >= 11 is 5.60. The first kappa shape index (κ1) is 17.8. The molecule has 0 aliphatic rings. The van der Waals surface area contributed by atoms with E-state index in [1.807, 2.05) is 6.07 Å². The van der Waals surface area contributed by atoms with Crippen LogP contribution in [0.5, 0.6) is 0 Å². The summed E-state index contributed by atoms with van der Waals surface area (Å²) in [6.45, 7) is 0. The van der Waals surface area contributed by atoms with Crippen molar-refractivity contribution in [3.63, 3.8) is 0 Å². The van der Waals surface area contributed by atoms with Crippen LogP contribution < -0.4 is 10.6 Å². The Morgan fingerprint density at radius 2 is 1.77 bits per heavy atom. The molecule has 0 saturated heterocycles. The average Bonchev–Trinajstić information content (AvgIpc) is 3.05. The van der Waals surface area contributed by atoms with Crippen LogP contribution in [0.3, 0.4) is 0 Å². The lowest BCUT2D eigenvalue weighted by molar-refractivity contribution is -0.136. The van der Waals surface area contributed by atoms with E-state index in [1.165, 1.54) is 12.1 Å². The number of hydrogen-bond donors (Lipinski definition) is 2. The molecule has 134 valence electrons. The molecule has 2 aromatic carbocycles. The molecule has 1 aromatic heterocycles. The molecule has 3 aromatic rings. The summed E-state index contributed by atoms with van der Waals surface area (Å²) in [5.74, 6) is 0.465. The van der Waals surface area contributed by atoms with Crippen molar-refractivity contribution in [1.29, 1.82) is 0 Å². The molecule has 0 bridgehead atoms. The number of aromatic nitrogens is 1. The summed E-state index contributed by atoms with van der Waals surface area (Å²) in [5, 5.41) is 8.03. The van der Waals surface area contributed by atoms with Crippen LogP contribution in [0, 0.1) is 0 Å². The Bertz CT molecular complexity index is 927. The van der Waals surface area contributed by atoms with Gasteiger partial charge in [0.2, 0.25) is 0 Å². The highest BCUT2D eigenvalue weighted by molar-refractivity contribution is 6.30. The van der Waals surface area contributed by atoms with Gasteiger partial charge in [-0.2, -0.15) is 13.2 Å². The number of carbonyl (C=O) groups is 1. The van der Waals surface area contributed by atoms with Gasteiger partial charge in [0.25, 0.3) is 0 Å². The third kappa shape index (κ3) is 4.15. The van der Waals surface area contributed by atoms with Crippen LogP contribution in [0.1, 0.15) is 5.56 Å². The van der Waals surface area contributed by atoms with E-state index < -0.39 is 23.5 Å². The van der Waals surface area contributed by atoms with Gasteiger partial charge in [-0.15, -0.1) is 0 Å². The number of hydrogen-bond acceptors (Lipinski definition) is 3. The fourth-order valence-corrected chi connectivity index (χ4v) is 2.37. The molecule has 0 aliphatic carbocycles. The van der Waals surface area contributed by atoms with Crippen LogP contribution >= 0.6 is 11.6 Å². The van der Waals surface area contributed by atoms with Gasteiger partial charge in [-0.1, -0.05) is 47.1 Å². The van der Waals surface area contributed by atoms with E-state index in [9.17, 15) is 18.0 Å². The van der Waals surface area contributed by atoms with Gasteiger partial charge in [-0.25, -0.2) is 4.79 Å². The maximum absolute atomic E-state index is 13.0. The number of halogens is 4. The molecule has 26 heavy (non-hydrogen) atoms. The van der Waals surface area contributed by atoms with Crippen LogP contribution in [0.25, 0.3) is 11.3 Å². The Morgan fingerprint density at radius 1 is 1.04 bits per heavy atom.